The van der Waals surface area contributed by atoms with Crippen LogP contribution in [0, 0.1) is 0 Å². The Bertz CT molecular complexity index is 781. The first kappa shape index (κ1) is 21.9. The minimum atomic E-state index is -2.90. The number of hydrogen-bond acceptors (Lipinski definition) is 5. The van der Waals surface area contributed by atoms with Crippen molar-refractivity contribution in [2.45, 2.75) is 39.3 Å². The zero-order valence-electron chi connectivity index (χ0n) is 16.5. The van der Waals surface area contributed by atoms with Gasteiger partial charge < -0.3 is 20.1 Å². The van der Waals surface area contributed by atoms with E-state index in [2.05, 4.69) is 44.6 Å². The second-order valence-electron chi connectivity index (χ2n) is 6.29. The summed E-state index contributed by atoms with van der Waals surface area (Å²) in [7, 11) is 3.11. The molecule has 0 aliphatic rings. The molecule has 0 saturated carbocycles. The SMILES string of the molecule is CN=C(NCCc1ccc(OC)c(OC(F)F)c1)NCc1nc(C(C)C)cs1. The number of ether oxygens (including phenoxy) is 2. The predicted octanol–water partition coefficient (Wildman–Crippen LogP) is 3.78. The molecule has 0 fully saturated rings. The molecule has 0 atom stereocenters. The molecule has 6 nitrogen and oxygen atoms in total. The molecule has 2 N–H and O–H groups in total. The quantitative estimate of drug-likeness (QED) is 0.485. The van der Waals surface area contributed by atoms with Crippen molar-refractivity contribution in [2.24, 2.45) is 4.99 Å². The van der Waals surface area contributed by atoms with Crippen LogP contribution >= 0.6 is 11.3 Å². The third kappa shape index (κ3) is 6.63. The van der Waals surface area contributed by atoms with Crippen LogP contribution in [0.5, 0.6) is 11.5 Å². The predicted molar refractivity (Wildman–Crippen MR) is 108 cm³/mol. The molecule has 2 rings (SSSR count). The number of alkyl halides is 2. The lowest BCUT2D eigenvalue weighted by molar-refractivity contribution is -0.0512. The Balaban J connectivity index is 1.85. The third-order valence-corrected chi connectivity index (χ3v) is 4.81. The molecule has 0 radical (unpaired) electrons. The Labute approximate surface area is 168 Å². The van der Waals surface area contributed by atoms with Crippen LogP contribution in [0.25, 0.3) is 0 Å². The number of guanidine groups is 1. The number of aromatic nitrogens is 1. The van der Waals surface area contributed by atoms with E-state index in [-0.39, 0.29) is 11.5 Å². The molecule has 0 amide bonds. The standard InChI is InChI=1S/C19H26F2N4O2S/c1-12(2)14-11-28-17(25-14)10-24-19(22-3)23-8-7-13-5-6-15(26-4)16(9-13)27-18(20)21/h5-6,9,11-12,18H,7-8,10H2,1-4H3,(H2,22,23,24). The van der Waals surface area contributed by atoms with Crippen LogP contribution in [-0.4, -0.2) is 38.3 Å². The number of nitrogens with one attached hydrogen (secondary N) is 2. The average molecular weight is 413 g/mol. The first-order valence-corrected chi connectivity index (χ1v) is 9.81. The van der Waals surface area contributed by atoms with E-state index in [0.29, 0.717) is 31.4 Å². The largest absolute Gasteiger partial charge is 0.493 e. The van der Waals surface area contributed by atoms with E-state index in [0.717, 1.165) is 16.3 Å². The number of aliphatic imine (C=N–C) groups is 1. The van der Waals surface area contributed by atoms with Crippen molar-refractivity contribution in [1.82, 2.24) is 15.6 Å². The Morgan fingerprint density at radius 3 is 2.64 bits per heavy atom. The molecule has 2 aromatic rings. The molecular weight excluding hydrogens is 386 g/mol. The Kier molecular flexibility index (Phi) is 8.43. The smallest absolute Gasteiger partial charge is 0.387 e. The van der Waals surface area contributed by atoms with Gasteiger partial charge in [-0.15, -0.1) is 11.3 Å². The highest BCUT2D eigenvalue weighted by atomic mass is 32.1. The zero-order chi connectivity index (χ0) is 20.5. The summed E-state index contributed by atoms with van der Waals surface area (Å²) < 4.78 is 34.6. The van der Waals surface area contributed by atoms with Crippen molar-refractivity contribution in [3.8, 4) is 11.5 Å². The van der Waals surface area contributed by atoms with E-state index >= 15 is 0 Å². The van der Waals surface area contributed by atoms with Crippen molar-refractivity contribution >= 4 is 17.3 Å². The van der Waals surface area contributed by atoms with Crippen molar-refractivity contribution in [3.63, 3.8) is 0 Å². The van der Waals surface area contributed by atoms with Crippen LogP contribution in [0.3, 0.4) is 0 Å². The van der Waals surface area contributed by atoms with Gasteiger partial charge in [0.1, 0.15) is 5.01 Å². The second-order valence-corrected chi connectivity index (χ2v) is 7.23. The molecule has 0 bridgehead atoms. The van der Waals surface area contributed by atoms with Gasteiger partial charge in [0, 0.05) is 19.0 Å². The van der Waals surface area contributed by atoms with Gasteiger partial charge in [-0.3, -0.25) is 4.99 Å². The topological polar surface area (TPSA) is 67.8 Å². The Morgan fingerprint density at radius 2 is 2.04 bits per heavy atom. The lowest BCUT2D eigenvalue weighted by atomic mass is 10.1. The molecular formula is C19H26F2N4O2S. The number of benzene rings is 1. The zero-order valence-corrected chi connectivity index (χ0v) is 17.3. The summed E-state index contributed by atoms with van der Waals surface area (Å²) in [6, 6.07) is 5.00. The van der Waals surface area contributed by atoms with Gasteiger partial charge in [0.05, 0.1) is 19.3 Å². The first-order valence-electron chi connectivity index (χ1n) is 8.93. The molecule has 0 aliphatic heterocycles. The highest BCUT2D eigenvalue weighted by molar-refractivity contribution is 7.09. The van der Waals surface area contributed by atoms with Crippen LogP contribution < -0.4 is 20.1 Å². The maximum Gasteiger partial charge on any atom is 0.387 e. The summed E-state index contributed by atoms with van der Waals surface area (Å²) in [5.41, 5.74) is 1.94. The highest BCUT2D eigenvalue weighted by Gasteiger charge is 2.11. The normalized spacial score (nSPS) is 11.8. The van der Waals surface area contributed by atoms with E-state index in [1.54, 1.807) is 30.5 Å². The fourth-order valence-corrected chi connectivity index (χ4v) is 3.34. The lowest BCUT2D eigenvalue weighted by Crippen LogP contribution is -2.37. The molecule has 154 valence electrons. The minimum absolute atomic E-state index is 0.0298. The van der Waals surface area contributed by atoms with Crippen LogP contribution in [0.15, 0.2) is 28.6 Å². The average Bonchev–Trinajstić information content (AvgIpc) is 3.13. The van der Waals surface area contributed by atoms with Gasteiger partial charge in [0.25, 0.3) is 0 Å². The summed E-state index contributed by atoms with van der Waals surface area (Å²) in [6.45, 7) is 2.50. The van der Waals surface area contributed by atoms with Gasteiger partial charge >= 0.3 is 6.61 Å². The van der Waals surface area contributed by atoms with E-state index in [1.165, 1.54) is 7.11 Å². The van der Waals surface area contributed by atoms with Gasteiger partial charge in [0.2, 0.25) is 0 Å². The van der Waals surface area contributed by atoms with Gasteiger partial charge in [-0.2, -0.15) is 8.78 Å². The maximum absolute atomic E-state index is 12.5. The molecule has 1 heterocycles. The number of hydrogen-bond donors (Lipinski definition) is 2. The molecule has 9 heteroatoms. The monoisotopic (exact) mass is 412 g/mol. The molecule has 1 aromatic heterocycles. The fourth-order valence-electron chi connectivity index (χ4n) is 2.44. The van der Waals surface area contributed by atoms with Gasteiger partial charge in [0.15, 0.2) is 17.5 Å². The van der Waals surface area contributed by atoms with Crippen molar-refractivity contribution < 1.29 is 18.3 Å². The molecule has 28 heavy (non-hydrogen) atoms. The minimum Gasteiger partial charge on any atom is -0.493 e. The summed E-state index contributed by atoms with van der Waals surface area (Å²) in [6.07, 6.45) is 0.610. The summed E-state index contributed by atoms with van der Waals surface area (Å²) in [5, 5.41) is 9.49. The Hall–Kier alpha value is -2.42. The second kappa shape index (κ2) is 10.8. The Morgan fingerprint density at radius 1 is 1.25 bits per heavy atom. The maximum atomic E-state index is 12.5. The number of methoxy groups -OCH3 is 1. The molecule has 1 aromatic carbocycles. The summed E-state index contributed by atoms with van der Waals surface area (Å²) >= 11 is 1.62. The molecule has 0 unspecified atom stereocenters. The first-order chi connectivity index (χ1) is 13.4. The highest BCUT2D eigenvalue weighted by Crippen LogP contribution is 2.29. The number of rotatable bonds is 9. The summed E-state index contributed by atoms with van der Waals surface area (Å²) in [4.78, 5) is 8.77. The van der Waals surface area contributed by atoms with Crippen LogP contribution in [0.1, 0.15) is 36.0 Å². The van der Waals surface area contributed by atoms with E-state index < -0.39 is 6.61 Å². The molecule has 0 spiro atoms. The van der Waals surface area contributed by atoms with Crippen LogP contribution in [0.4, 0.5) is 8.78 Å². The van der Waals surface area contributed by atoms with E-state index in [9.17, 15) is 8.78 Å². The van der Waals surface area contributed by atoms with Crippen LogP contribution in [0.2, 0.25) is 0 Å². The third-order valence-electron chi connectivity index (χ3n) is 3.94. The van der Waals surface area contributed by atoms with E-state index in [4.69, 9.17) is 4.74 Å². The fraction of sp³-hybridized carbons (Fsp3) is 0.474. The number of thiazole rings is 1. The summed E-state index contributed by atoms with van der Waals surface area (Å²) in [5.74, 6) is 1.37. The van der Waals surface area contributed by atoms with Crippen LogP contribution in [-0.2, 0) is 13.0 Å². The molecule has 0 aliphatic carbocycles. The molecule has 0 saturated heterocycles. The van der Waals surface area contributed by atoms with Crippen molar-refractivity contribution in [1.29, 1.82) is 0 Å². The van der Waals surface area contributed by atoms with E-state index in [1.807, 2.05) is 6.07 Å². The van der Waals surface area contributed by atoms with Crippen molar-refractivity contribution in [3.05, 3.63) is 39.8 Å². The van der Waals surface area contributed by atoms with Crippen molar-refractivity contribution in [2.75, 3.05) is 20.7 Å². The van der Waals surface area contributed by atoms with Gasteiger partial charge in [-0.1, -0.05) is 19.9 Å². The van der Waals surface area contributed by atoms with Gasteiger partial charge in [-0.25, -0.2) is 4.98 Å². The number of nitrogens with zero attached hydrogens (tertiary/aromatic N) is 2. The number of halogens is 2. The van der Waals surface area contributed by atoms with Gasteiger partial charge in [-0.05, 0) is 30.0 Å². The lowest BCUT2D eigenvalue weighted by Gasteiger charge is -2.13.